The second kappa shape index (κ2) is 9.57. The minimum absolute atomic E-state index is 0.206. The monoisotopic (exact) mass is 414 g/mol. The molecule has 2 aromatic carbocycles. The van der Waals surface area contributed by atoms with Crippen LogP contribution in [0.1, 0.15) is 23.2 Å². The average Bonchev–Trinajstić information content (AvgIpc) is 3.12. The summed E-state index contributed by atoms with van der Waals surface area (Å²) in [4.78, 5) is 30.6. The Kier molecular flexibility index (Phi) is 6.89. The maximum atomic E-state index is 12.2. The molecule has 146 valence electrons. The van der Waals surface area contributed by atoms with E-state index in [4.69, 9.17) is 0 Å². The van der Waals surface area contributed by atoms with Crippen LogP contribution in [-0.2, 0) is 4.79 Å². The van der Waals surface area contributed by atoms with Gasteiger partial charge < -0.3 is 4.90 Å². The van der Waals surface area contributed by atoms with Crippen LogP contribution in [-0.4, -0.2) is 36.6 Å². The van der Waals surface area contributed by atoms with Crippen molar-refractivity contribution in [2.75, 3.05) is 24.7 Å². The highest BCUT2D eigenvalue weighted by Crippen LogP contribution is 2.29. The number of hydrazine groups is 1. The number of amides is 2. The smallest absolute Gasteiger partial charge is 0.269 e. The quantitative estimate of drug-likeness (QED) is 0.350. The summed E-state index contributed by atoms with van der Waals surface area (Å²) in [5.74, 6) is 0.259. The van der Waals surface area contributed by atoms with Gasteiger partial charge >= 0.3 is 0 Å². The molecule has 3 rings (SSSR count). The van der Waals surface area contributed by atoms with Gasteiger partial charge in [0.05, 0.1) is 10.2 Å². The first-order chi connectivity index (χ1) is 13.5. The molecule has 0 radical (unpaired) electrons. The van der Waals surface area contributed by atoms with E-state index < -0.39 is 0 Å². The highest BCUT2D eigenvalue weighted by molar-refractivity contribution is 8.01. The van der Waals surface area contributed by atoms with Crippen molar-refractivity contribution < 1.29 is 9.59 Å². The summed E-state index contributed by atoms with van der Waals surface area (Å²) in [6.45, 7) is 0. The largest absolute Gasteiger partial charge is 0.378 e. The Morgan fingerprint density at radius 1 is 1.11 bits per heavy atom. The summed E-state index contributed by atoms with van der Waals surface area (Å²) in [5, 5.41) is 0. The SMILES string of the molecule is CN(C)c1cccc(C(=O)NNC(=O)CCCSc2nc3ccccc3s2)c1. The molecule has 6 nitrogen and oxygen atoms in total. The normalized spacial score (nSPS) is 10.6. The van der Waals surface area contributed by atoms with Crippen LogP contribution in [0.5, 0.6) is 0 Å². The van der Waals surface area contributed by atoms with Crippen molar-refractivity contribution in [1.29, 1.82) is 0 Å². The van der Waals surface area contributed by atoms with Crippen molar-refractivity contribution in [3.05, 3.63) is 54.1 Å². The van der Waals surface area contributed by atoms with Crippen LogP contribution >= 0.6 is 23.1 Å². The van der Waals surface area contributed by atoms with Crippen molar-refractivity contribution in [3.8, 4) is 0 Å². The molecule has 0 unspecified atom stereocenters. The molecule has 0 aliphatic carbocycles. The van der Waals surface area contributed by atoms with Crippen LogP contribution in [0.4, 0.5) is 5.69 Å². The number of fused-ring (bicyclic) bond motifs is 1. The lowest BCUT2D eigenvalue weighted by atomic mass is 10.2. The molecule has 2 amide bonds. The van der Waals surface area contributed by atoms with Gasteiger partial charge in [0.1, 0.15) is 0 Å². The summed E-state index contributed by atoms with van der Waals surface area (Å²) in [6, 6.07) is 15.3. The third kappa shape index (κ3) is 5.46. The number of hydrogen-bond acceptors (Lipinski definition) is 6. The van der Waals surface area contributed by atoms with Crippen molar-refractivity contribution >= 4 is 50.8 Å². The summed E-state index contributed by atoms with van der Waals surface area (Å²) in [5.41, 5.74) is 7.37. The van der Waals surface area contributed by atoms with Gasteiger partial charge in [0.15, 0.2) is 4.34 Å². The van der Waals surface area contributed by atoms with Crippen LogP contribution in [0.15, 0.2) is 52.9 Å². The molecular weight excluding hydrogens is 392 g/mol. The maximum absolute atomic E-state index is 12.2. The predicted molar refractivity (Wildman–Crippen MR) is 116 cm³/mol. The number of thiazole rings is 1. The van der Waals surface area contributed by atoms with Gasteiger partial charge in [0.25, 0.3) is 5.91 Å². The third-order valence-corrected chi connectivity index (χ3v) is 6.25. The van der Waals surface area contributed by atoms with E-state index in [0.717, 1.165) is 21.3 Å². The maximum Gasteiger partial charge on any atom is 0.269 e. The molecule has 28 heavy (non-hydrogen) atoms. The molecule has 8 heteroatoms. The van der Waals surface area contributed by atoms with Crippen molar-refractivity contribution in [2.45, 2.75) is 17.2 Å². The van der Waals surface area contributed by atoms with E-state index in [1.54, 1.807) is 35.2 Å². The van der Waals surface area contributed by atoms with Gasteiger partial charge in [-0.3, -0.25) is 20.4 Å². The van der Waals surface area contributed by atoms with E-state index in [0.29, 0.717) is 18.4 Å². The van der Waals surface area contributed by atoms with Crippen LogP contribution in [0, 0.1) is 0 Å². The molecule has 1 heterocycles. The van der Waals surface area contributed by atoms with E-state index in [2.05, 4.69) is 21.9 Å². The second-order valence-electron chi connectivity index (χ2n) is 6.35. The predicted octanol–water partition coefficient (Wildman–Crippen LogP) is 3.70. The van der Waals surface area contributed by atoms with E-state index in [9.17, 15) is 9.59 Å². The number of rotatable bonds is 7. The minimum atomic E-state index is -0.332. The molecule has 0 fully saturated rings. The average molecular weight is 415 g/mol. The molecule has 0 saturated carbocycles. The van der Waals surface area contributed by atoms with Crippen LogP contribution < -0.4 is 15.8 Å². The molecule has 0 saturated heterocycles. The summed E-state index contributed by atoms with van der Waals surface area (Å²) >= 11 is 3.31. The number of nitrogens with zero attached hydrogens (tertiary/aromatic N) is 2. The fraction of sp³-hybridized carbons (Fsp3) is 0.250. The topological polar surface area (TPSA) is 74.3 Å². The molecule has 0 atom stereocenters. The van der Waals surface area contributed by atoms with Gasteiger partial charge in [-0.2, -0.15) is 0 Å². The Balaban J connectivity index is 1.38. The van der Waals surface area contributed by atoms with Crippen LogP contribution in [0.25, 0.3) is 10.2 Å². The van der Waals surface area contributed by atoms with Crippen LogP contribution in [0.3, 0.4) is 0 Å². The first-order valence-electron chi connectivity index (χ1n) is 8.88. The Hall–Kier alpha value is -2.58. The summed E-state index contributed by atoms with van der Waals surface area (Å²) < 4.78 is 2.18. The lowest BCUT2D eigenvalue weighted by Crippen LogP contribution is -2.41. The van der Waals surface area contributed by atoms with Gasteiger partial charge in [-0.15, -0.1) is 11.3 Å². The number of nitrogens with one attached hydrogen (secondary N) is 2. The van der Waals surface area contributed by atoms with E-state index >= 15 is 0 Å². The van der Waals surface area contributed by atoms with Gasteiger partial charge in [0, 0.05) is 37.5 Å². The van der Waals surface area contributed by atoms with Crippen molar-refractivity contribution in [1.82, 2.24) is 15.8 Å². The number of thioether (sulfide) groups is 1. The molecule has 1 aromatic heterocycles. The number of hydrogen-bond donors (Lipinski definition) is 2. The fourth-order valence-electron chi connectivity index (χ4n) is 2.49. The minimum Gasteiger partial charge on any atom is -0.378 e. The number of benzene rings is 2. The lowest BCUT2D eigenvalue weighted by molar-refractivity contribution is -0.121. The summed E-state index contributed by atoms with van der Waals surface area (Å²) in [6.07, 6.45) is 1.05. The number of anilines is 1. The standard InChI is InChI=1S/C20H22N4O2S2/c1-24(2)15-8-5-7-14(13-15)19(26)23-22-18(25)11-6-12-27-20-21-16-9-3-4-10-17(16)28-20/h3-5,7-10,13H,6,11-12H2,1-2H3,(H,22,25)(H,23,26). The van der Waals surface area contributed by atoms with E-state index in [1.807, 2.05) is 49.3 Å². The molecule has 0 aliphatic heterocycles. The van der Waals surface area contributed by atoms with Gasteiger partial charge in [0.2, 0.25) is 5.91 Å². The first kappa shape index (κ1) is 20.2. The van der Waals surface area contributed by atoms with E-state index in [-0.39, 0.29) is 11.8 Å². The van der Waals surface area contributed by atoms with E-state index in [1.165, 1.54) is 4.70 Å². The second-order valence-corrected chi connectivity index (χ2v) is 8.72. The Bertz CT molecular complexity index is 939. The molecule has 2 N–H and O–H groups in total. The highest BCUT2D eigenvalue weighted by Gasteiger charge is 2.09. The zero-order valence-electron chi connectivity index (χ0n) is 15.8. The number of carbonyl (C=O) groups excluding carboxylic acids is 2. The lowest BCUT2D eigenvalue weighted by Gasteiger charge is -2.13. The van der Waals surface area contributed by atoms with Crippen molar-refractivity contribution in [3.63, 3.8) is 0 Å². The Morgan fingerprint density at radius 3 is 2.71 bits per heavy atom. The molecule has 3 aromatic rings. The highest BCUT2D eigenvalue weighted by atomic mass is 32.2. The summed E-state index contributed by atoms with van der Waals surface area (Å²) in [7, 11) is 3.82. The zero-order chi connectivity index (χ0) is 19.9. The number of aromatic nitrogens is 1. The number of para-hydroxylation sites is 1. The molecule has 0 aliphatic rings. The molecule has 0 bridgehead atoms. The Morgan fingerprint density at radius 2 is 1.93 bits per heavy atom. The fourth-order valence-corrected chi connectivity index (χ4v) is 4.57. The molecule has 0 spiro atoms. The van der Waals surface area contributed by atoms with Crippen LogP contribution in [0.2, 0.25) is 0 Å². The Labute approximate surface area is 172 Å². The van der Waals surface area contributed by atoms with Crippen molar-refractivity contribution in [2.24, 2.45) is 0 Å². The van der Waals surface area contributed by atoms with Gasteiger partial charge in [-0.25, -0.2) is 4.98 Å². The van der Waals surface area contributed by atoms with Gasteiger partial charge in [-0.1, -0.05) is 30.0 Å². The first-order valence-corrected chi connectivity index (χ1v) is 10.7. The number of carbonyl (C=O) groups is 2. The molecular formula is C20H22N4O2S2. The van der Waals surface area contributed by atoms with Gasteiger partial charge in [-0.05, 0) is 36.8 Å². The third-order valence-electron chi connectivity index (χ3n) is 3.99. The zero-order valence-corrected chi connectivity index (χ0v) is 17.4.